The summed E-state index contributed by atoms with van der Waals surface area (Å²) in [5.74, 6) is -1.92. The number of aliphatic hydroxyl groups excluding tert-OH is 15. The standard InChI is InChI=1S/C70H127N3O28/c1-5-7-9-11-13-15-17-19-20-22-24-26-28-30-32-34-50(82)73-43(44(81)33-31-29-27-25-23-21-18-16-14-12-10-8-6-2)40-92-68-59(89)58(88)62(49(39-78)97-68)98-69-60(90)65(56(86)47(37-76)95-69)101-67-52(72-42(4)80)63(54(84)46(36-75)94-67)99-70-61(91)64(55(85)48(38-77)96-70)100-66-51(71-41(3)79)57(87)53(83)45(35-74)93-66/h31,33,43-49,51-70,74-78,81,83-91H,5-30,32,34-40H2,1-4H3,(H,71,79)(H,72,80)(H,73,82)/b33-31+/t43-,44+,45?,46?,47?,48?,49?,51?,52?,53+,54+,55-,56-,57+,58+,59?,60?,61?,62+,63+,64-,65-,66-,67-,68+,69-,70-/m0/s1. The topological polar surface area (TPSA) is 483 Å². The predicted octanol–water partition coefficient (Wildman–Crippen LogP) is -0.248. The molecule has 0 aromatic heterocycles. The van der Waals surface area contributed by atoms with Gasteiger partial charge in [-0.1, -0.05) is 180 Å². The van der Waals surface area contributed by atoms with Crippen LogP contribution in [0.2, 0.25) is 0 Å². The Labute approximate surface area is 594 Å². The lowest BCUT2D eigenvalue weighted by molar-refractivity contribution is -0.384. The van der Waals surface area contributed by atoms with Crippen molar-refractivity contribution in [1.82, 2.24) is 16.0 Å². The number of rotatable bonds is 49. The Kier molecular flexibility index (Phi) is 42.6. The first-order chi connectivity index (χ1) is 48.6. The third-order valence-electron chi connectivity index (χ3n) is 19.6. The molecule has 0 aromatic carbocycles. The Bertz CT molecular complexity index is 2270. The highest BCUT2D eigenvalue weighted by Crippen LogP contribution is 2.37. The molecule has 101 heavy (non-hydrogen) atoms. The van der Waals surface area contributed by atoms with Gasteiger partial charge >= 0.3 is 0 Å². The second-order valence-corrected chi connectivity index (χ2v) is 27.8. The Morgan fingerprint density at radius 1 is 0.386 bits per heavy atom. The highest BCUT2D eigenvalue weighted by Gasteiger charge is 2.58. The largest absolute Gasteiger partial charge is 0.394 e. The molecule has 0 radical (unpaired) electrons. The zero-order chi connectivity index (χ0) is 74.0. The lowest BCUT2D eigenvalue weighted by Crippen LogP contribution is -2.70. The molecular weight excluding hydrogens is 1330 g/mol. The summed E-state index contributed by atoms with van der Waals surface area (Å²) >= 11 is 0. The number of hydrogen-bond acceptors (Lipinski definition) is 28. The Balaban J connectivity index is 1.25. The number of amides is 3. The number of unbranched alkanes of at least 4 members (excludes halogenated alkanes) is 25. The van der Waals surface area contributed by atoms with Crippen LogP contribution in [0.25, 0.3) is 0 Å². The summed E-state index contributed by atoms with van der Waals surface area (Å²) in [6.07, 6.45) is -9.87. The quantitative estimate of drug-likeness (QED) is 0.0276. The number of aliphatic hydroxyl groups is 15. The van der Waals surface area contributed by atoms with Gasteiger partial charge in [0.05, 0.1) is 51.8 Å². The predicted molar refractivity (Wildman–Crippen MR) is 361 cm³/mol. The van der Waals surface area contributed by atoms with Crippen LogP contribution >= 0.6 is 0 Å². The smallest absolute Gasteiger partial charge is 0.220 e. The van der Waals surface area contributed by atoms with E-state index in [2.05, 4.69) is 29.8 Å². The third kappa shape index (κ3) is 28.3. The van der Waals surface area contributed by atoms with Crippen LogP contribution in [0.5, 0.6) is 0 Å². The molecule has 0 spiro atoms. The summed E-state index contributed by atoms with van der Waals surface area (Å²) in [6.45, 7) is 1.32. The maximum atomic E-state index is 13.5. The second kappa shape index (κ2) is 48.5. The lowest BCUT2D eigenvalue weighted by Gasteiger charge is -2.50. The summed E-state index contributed by atoms with van der Waals surface area (Å²) in [6, 6.07) is -4.43. The number of nitrogens with one attached hydrogen (secondary N) is 3. The van der Waals surface area contributed by atoms with Crippen molar-refractivity contribution in [3.63, 3.8) is 0 Å². The Morgan fingerprint density at radius 3 is 1.18 bits per heavy atom. The van der Waals surface area contributed by atoms with Gasteiger partial charge < -0.3 is 140 Å². The molecule has 0 saturated carbocycles. The van der Waals surface area contributed by atoms with Gasteiger partial charge in [-0.2, -0.15) is 0 Å². The Morgan fingerprint density at radius 2 is 0.743 bits per heavy atom. The van der Waals surface area contributed by atoms with Gasteiger partial charge in [0.2, 0.25) is 17.7 Å². The van der Waals surface area contributed by atoms with Gasteiger partial charge in [-0.3, -0.25) is 14.4 Å². The molecule has 0 bridgehead atoms. The maximum absolute atomic E-state index is 13.5. The zero-order valence-corrected chi connectivity index (χ0v) is 59.8. The normalized spacial score (nSPS) is 35.3. The van der Waals surface area contributed by atoms with E-state index in [0.29, 0.717) is 12.8 Å². The highest BCUT2D eigenvalue weighted by molar-refractivity contribution is 5.76. The molecule has 27 atom stereocenters. The monoisotopic (exact) mass is 1460 g/mol. The number of carbonyl (C=O) groups excluding carboxylic acids is 3. The lowest BCUT2D eigenvalue weighted by atomic mass is 9.94. The van der Waals surface area contributed by atoms with Crippen LogP contribution in [-0.2, 0) is 61.8 Å². The van der Waals surface area contributed by atoms with Gasteiger partial charge in [-0.05, 0) is 19.3 Å². The molecule has 5 saturated heterocycles. The first-order valence-electron chi connectivity index (χ1n) is 37.5. The third-order valence-corrected chi connectivity index (χ3v) is 19.6. The molecule has 5 aliphatic heterocycles. The van der Waals surface area contributed by atoms with Crippen molar-refractivity contribution in [1.29, 1.82) is 0 Å². The number of ether oxygens (including phenoxy) is 10. The molecular formula is C70H127N3O28. The highest BCUT2D eigenvalue weighted by atomic mass is 16.8. The molecule has 5 fully saturated rings. The van der Waals surface area contributed by atoms with Crippen molar-refractivity contribution in [2.75, 3.05) is 39.6 Å². The minimum Gasteiger partial charge on any atom is -0.394 e. The van der Waals surface area contributed by atoms with Crippen molar-refractivity contribution in [2.45, 2.75) is 373 Å². The van der Waals surface area contributed by atoms with Crippen LogP contribution in [0.15, 0.2) is 12.2 Å². The average Bonchev–Trinajstić information content (AvgIpc) is 0.773. The maximum Gasteiger partial charge on any atom is 0.220 e. The first-order valence-corrected chi connectivity index (χ1v) is 37.5. The van der Waals surface area contributed by atoms with E-state index in [9.17, 15) is 91.0 Å². The van der Waals surface area contributed by atoms with E-state index in [1.54, 1.807) is 6.08 Å². The summed E-state index contributed by atoms with van der Waals surface area (Å²) < 4.78 is 59.2. The summed E-state index contributed by atoms with van der Waals surface area (Å²) in [5.41, 5.74) is 0. The van der Waals surface area contributed by atoms with Gasteiger partial charge in [-0.15, -0.1) is 0 Å². The molecule has 10 unspecified atom stereocenters. The molecule has 0 aromatic rings. The first kappa shape index (κ1) is 88.8. The molecule has 5 heterocycles. The minimum atomic E-state index is -2.18. The van der Waals surface area contributed by atoms with Crippen LogP contribution in [-0.4, -0.2) is 300 Å². The van der Waals surface area contributed by atoms with E-state index in [1.165, 1.54) is 109 Å². The van der Waals surface area contributed by atoms with Crippen LogP contribution in [0.3, 0.4) is 0 Å². The van der Waals surface area contributed by atoms with Gasteiger partial charge in [0.25, 0.3) is 0 Å². The summed E-state index contributed by atoms with van der Waals surface area (Å²) in [4.78, 5) is 38.7. The van der Waals surface area contributed by atoms with Gasteiger partial charge in [-0.25, -0.2) is 0 Å². The number of hydrogen-bond donors (Lipinski definition) is 18. The van der Waals surface area contributed by atoms with Gasteiger partial charge in [0.15, 0.2) is 31.5 Å². The molecule has 18 N–H and O–H groups in total. The van der Waals surface area contributed by atoms with Crippen molar-refractivity contribution in [2.24, 2.45) is 0 Å². The fourth-order valence-corrected chi connectivity index (χ4v) is 13.6. The van der Waals surface area contributed by atoms with Crippen molar-refractivity contribution in [3.05, 3.63) is 12.2 Å². The zero-order valence-electron chi connectivity index (χ0n) is 59.8. The van der Waals surface area contributed by atoms with E-state index < -0.39 is 217 Å². The summed E-state index contributed by atoms with van der Waals surface area (Å²) in [5, 5.41) is 175. The fourth-order valence-electron chi connectivity index (χ4n) is 13.6. The molecule has 5 aliphatic rings. The van der Waals surface area contributed by atoms with Crippen molar-refractivity contribution in [3.8, 4) is 0 Å². The van der Waals surface area contributed by atoms with E-state index in [0.717, 1.165) is 65.2 Å². The number of allylic oxidation sites excluding steroid dienone is 1. The van der Waals surface area contributed by atoms with Crippen LogP contribution in [0.4, 0.5) is 0 Å². The minimum absolute atomic E-state index is 0.186. The average molecular weight is 1460 g/mol. The fraction of sp³-hybridized carbons (Fsp3) is 0.929. The van der Waals surface area contributed by atoms with E-state index in [-0.39, 0.29) is 12.3 Å². The molecule has 31 heteroatoms. The van der Waals surface area contributed by atoms with Gasteiger partial charge in [0.1, 0.15) is 122 Å². The van der Waals surface area contributed by atoms with Crippen molar-refractivity contribution < 1.29 is 138 Å². The van der Waals surface area contributed by atoms with Crippen LogP contribution in [0, 0.1) is 0 Å². The molecule has 0 aliphatic carbocycles. The summed E-state index contributed by atoms with van der Waals surface area (Å²) in [7, 11) is 0. The van der Waals surface area contributed by atoms with E-state index in [1.807, 2.05) is 6.08 Å². The molecule has 31 nitrogen and oxygen atoms in total. The second-order valence-electron chi connectivity index (χ2n) is 27.8. The van der Waals surface area contributed by atoms with E-state index in [4.69, 9.17) is 47.4 Å². The molecule has 3 amide bonds. The molecule has 5 rings (SSSR count). The van der Waals surface area contributed by atoms with E-state index >= 15 is 0 Å². The number of carbonyl (C=O) groups is 3. The van der Waals surface area contributed by atoms with Gasteiger partial charge in [0, 0.05) is 20.3 Å². The molecule has 590 valence electrons. The SMILES string of the molecule is CCCCCCCCCCCCC/C=C/[C@@H](O)[C@H](CO[C@@H]1OC(CO)[C@@H](O[C@@H]2OC(CO)[C@H](O)[C@H](O[C@@H]3OC(CO)[C@@H](O)[C@H](O[C@@H]4OC(CO)[C@H](O)[C@H](O[C@@H]5OC(CO)[C@@H](O)[C@H](O)C5NC(C)=O)C4O)C3NC(C)=O)C2O)[C@H](O)C1O)NC(=O)CCCCCCCCCCCCCCCCC. The Hall–Kier alpha value is -2.85. The van der Waals surface area contributed by atoms with Crippen LogP contribution < -0.4 is 16.0 Å². The van der Waals surface area contributed by atoms with Crippen molar-refractivity contribution >= 4 is 17.7 Å². The van der Waals surface area contributed by atoms with Crippen LogP contribution in [0.1, 0.15) is 207 Å².